The molecule has 2 atom stereocenters. The van der Waals surface area contributed by atoms with E-state index in [9.17, 15) is 0 Å². The first-order valence-electron chi connectivity index (χ1n) is 5.87. The molecule has 0 fully saturated rings. The van der Waals surface area contributed by atoms with Gasteiger partial charge in [0.05, 0.1) is 0 Å². The Bertz CT molecular complexity index is 99.3. The molecule has 0 spiro atoms. The first-order valence-corrected chi connectivity index (χ1v) is 7.29. The standard InChI is InChI=1S/C12H27P/c1-5-12(4)8-10-13-9-6-7-11(2)3/h11-13H,5-10H2,1-4H3. The zero-order valence-corrected chi connectivity index (χ0v) is 10.9. The van der Waals surface area contributed by atoms with Gasteiger partial charge in [0.1, 0.15) is 0 Å². The van der Waals surface area contributed by atoms with Crippen molar-refractivity contribution < 1.29 is 0 Å². The average Bonchev–Trinajstić information content (AvgIpc) is 2.10. The molecule has 0 bridgehead atoms. The van der Waals surface area contributed by atoms with Crippen molar-refractivity contribution in [1.29, 1.82) is 0 Å². The third-order valence-electron chi connectivity index (χ3n) is 2.65. The molecule has 0 saturated carbocycles. The molecule has 0 aromatic carbocycles. The van der Waals surface area contributed by atoms with E-state index in [2.05, 4.69) is 27.7 Å². The molecule has 0 N–H and O–H groups in total. The van der Waals surface area contributed by atoms with E-state index in [1.807, 2.05) is 0 Å². The molecule has 0 heterocycles. The van der Waals surface area contributed by atoms with Crippen LogP contribution < -0.4 is 0 Å². The highest BCUT2D eigenvalue weighted by Crippen LogP contribution is 2.19. The zero-order chi connectivity index (χ0) is 10.1. The Labute approximate surface area is 86.7 Å². The van der Waals surface area contributed by atoms with Crippen molar-refractivity contribution in [2.24, 2.45) is 11.8 Å². The molecule has 1 heteroatoms. The number of hydrogen-bond donors (Lipinski definition) is 0. The van der Waals surface area contributed by atoms with Crippen molar-refractivity contribution in [3.63, 3.8) is 0 Å². The van der Waals surface area contributed by atoms with Crippen molar-refractivity contribution >= 4 is 8.58 Å². The average molecular weight is 202 g/mol. The number of rotatable bonds is 8. The smallest absolute Gasteiger partial charge is 0.0351 e. The third kappa shape index (κ3) is 10.4. The molecule has 0 aliphatic rings. The highest BCUT2D eigenvalue weighted by atomic mass is 31.1. The summed E-state index contributed by atoms with van der Waals surface area (Å²) in [5.41, 5.74) is 0. The maximum atomic E-state index is 2.37. The fourth-order valence-electron chi connectivity index (χ4n) is 1.31. The van der Waals surface area contributed by atoms with Crippen molar-refractivity contribution in [2.45, 2.75) is 53.4 Å². The Morgan fingerprint density at radius 3 is 2.23 bits per heavy atom. The van der Waals surface area contributed by atoms with Crippen LogP contribution in [0.5, 0.6) is 0 Å². The summed E-state index contributed by atoms with van der Waals surface area (Å²) in [7, 11) is 1.23. The van der Waals surface area contributed by atoms with Gasteiger partial charge in [0, 0.05) is 0 Å². The zero-order valence-electron chi connectivity index (χ0n) is 9.90. The van der Waals surface area contributed by atoms with Gasteiger partial charge >= 0.3 is 0 Å². The Kier molecular flexibility index (Phi) is 9.30. The molecule has 0 rings (SSSR count). The van der Waals surface area contributed by atoms with Crippen LogP contribution in [0.1, 0.15) is 53.4 Å². The van der Waals surface area contributed by atoms with Gasteiger partial charge in [-0.15, -0.1) is 8.58 Å². The lowest BCUT2D eigenvalue weighted by atomic mass is 10.1. The summed E-state index contributed by atoms with van der Waals surface area (Å²) < 4.78 is 0. The normalized spacial score (nSPS) is 14.5. The van der Waals surface area contributed by atoms with E-state index < -0.39 is 0 Å². The molecule has 0 aromatic heterocycles. The monoisotopic (exact) mass is 202 g/mol. The molecule has 0 saturated heterocycles. The number of hydrogen-bond acceptors (Lipinski definition) is 0. The molecule has 0 aromatic rings. The maximum Gasteiger partial charge on any atom is -0.0351 e. The second-order valence-electron chi connectivity index (χ2n) is 4.59. The SMILES string of the molecule is CCC(C)CCPCCCC(C)C. The van der Waals surface area contributed by atoms with Gasteiger partial charge in [-0.1, -0.05) is 40.5 Å². The Hall–Kier alpha value is 0.430. The van der Waals surface area contributed by atoms with E-state index in [4.69, 9.17) is 0 Å². The predicted molar refractivity (Wildman–Crippen MR) is 66.2 cm³/mol. The second kappa shape index (κ2) is 9.00. The summed E-state index contributed by atoms with van der Waals surface area (Å²) >= 11 is 0. The Morgan fingerprint density at radius 2 is 1.69 bits per heavy atom. The quantitative estimate of drug-likeness (QED) is 0.400. The molecule has 13 heavy (non-hydrogen) atoms. The van der Waals surface area contributed by atoms with Crippen LogP contribution in [0.3, 0.4) is 0 Å². The van der Waals surface area contributed by atoms with Crippen LogP contribution in [-0.2, 0) is 0 Å². The molecular formula is C12H27P. The van der Waals surface area contributed by atoms with Gasteiger partial charge in [0.15, 0.2) is 0 Å². The van der Waals surface area contributed by atoms with Crippen LogP contribution in [0.25, 0.3) is 0 Å². The minimum atomic E-state index is 0.902. The van der Waals surface area contributed by atoms with Gasteiger partial charge in [-0.25, -0.2) is 0 Å². The highest BCUT2D eigenvalue weighted by Gasteiger charge is 1.98. The molecule has 0 aliphatic carbocycles. The van der Waals surface area contributed by atoms with Gasteiger partial charge < -0.3 is 0 Å². The van der Waals surface area contributed by atoms with Crippen LogP contribution in [0, 0.1) is 11.8 Å². The van der Waals surface area contributed by atoms with Crippen LogP contribution in [0.4, 0.5) is 0 Å². The van der Waals surface area contributed by atoms with Crippen molar-refractivity contribution in [2.75, 3.05) is 12.3 Å². The van der Waals surface area contributed by atoms with Gasteiger partial charge in [-0.2, -0.15) is 0 Å². The minimum Gasteiger partial charge on any atom is -0.122 e. The molecular weight excluding hydrogens is 175 g/mol. The summed E-state index contributed by atoms with van der Waals surface area (Å²) in [6.45, 7) is 9.32. The van der Waals surface area contributed by atoms with Crippen LogP contribution in [-0.4, -0.2) is 12.3 Å². The van der Waals surface area contributed by atoms with Gasteiger partial charge in [-0.3, -0.25) is 0 Å². The van der Waals surface area contributed by atoms with Gasteiger partial charge in [0.25, 0.3) is 0 Å². The largest absolute Gasteiger partial charge is 0.122 e. The summed E-state index contributed by atoms with van der Waals surface area (Å²) in [5.74, 6) is 1.86. The Morgan fingerprint density at radius 1 is 1.00 bits per heavy atom. The molecule has 0 amide bonds. The van der Waals surface area contributed by atoms with E-state index in [1.165, 1.54) is 46.6 Å². The summed E-state index contributed by atoms with van der Waals surface area (Å²) in [5, 5.41) is 0. The van der Waals surface area contributed by atoms with Crippen molar-refractivity contribution in [1.82, 2.24) is 0 Å². The minimum absolute atomic E-state index is 0.902. The predicted octanol–water partition coefficient (Wildman–Crippen LogP) is 4.54. The van der Waals surface area contributed by atoms with Crippen LogP contribution >= 0.6 is 8.58 Å². The van der Waals surface area contributed by atoms with Gasteiger partial charge in [0.2, 0.25) is 0 Å². The lowest BCUT2D eigenvalue weighted by Gasteiger charge is -2.08. The Balaban J connectivity index is 2.99. The summed E-state index contributed by atoms with van der Waals surface area (Å²) in [6, 6.07) is 0. The molecule has 0 nitrogen and oxygen atoms in total. The second-order valence-corrected chi connectivity index (χ2v) is 6.09. The maximum absolute atomic E-state index is 2.37. The van der Waals surface area contributed by atoms with E-state index >= 15 is 0 Å². The lowest BCUT2D eigenvalue weighted by Crippen LogP contribution is -1.94. The van der Waals surface area contributed by atoms with Gasteiger partial charge in [-0.05, 0) is 37.0 Å². The van der Waals surface area contributed by atoms with E-state index in [-0.39, 0.29) is 0 Å². The molecule has 2 unspecified atom stereocenters. The summed E-state index contributed by atoms with van der Waals surface area (Å²) in [6.07, 6.45) is 8.65. The topological polar surface area (TPSA) is 0 Å². The first-order chi connectivity index (χ1) is 6.16. The lowest BCUT2D eigenvalue weighted by molar-refractivity contribution is 0.547. The fraction of sp³-hybridized carbons (Fsp3) is 1.00. The van der Waals surface area contributed by atoms with Crippen LogP contribution in [0.2, 0.25) is 0 Å². The van der Waals surface area contributed by atoms with Crippen molar-refractivity contribution in [3.8, 4) is 0 Å². The molecule has 80 valence electrons. The summed E-state index contributed by atoms with van der Waals surface area (Å²) in [4.78, 5) is 0. The molecule has 0 radical (unpaired) electrons. The molecule has 0 aliphatic heterocycles. The highest BCUT2D eigenvalue weighted by molar-refractivity contribution is 7.37. The van der Waals surface area contributed by atoms with E-state index in [0.717, 1.165) is 11.8 Å². The fourth-order valence-corrected chi connectivity index (χ4v) is 2.71. The van der Waals surface area contributed by atoms with E-state index in [0.29, 0.717) is 0 Å². The first kappa shape index (κ1) is 13.4. The van der Waals surface area contributed by atoms with Crippen molar-refractivity contribution in [3.05, 3.63) is 0 Å². The van der Waals surface area contributed by atoms with Crippen LogP contribution in [0.15, 0.2) is 0 Å². The van der Waals surface area contributed by atoms with E-state index in [1.54, 1.807) is 0 Å². The third-order valence-corrected chi connectivity index (χ3v) is 4.00.